The second-order valence-electron chi connectivity index (χ2n) is 4.23. The molecule has 0 saturated carbocycles. The first-order chi connectivity index (χ1) is 9.35. The zero-order valence-corrected chi connectivity index (χ0v) is 14.0. The van der Waals surface area contributed by atoms with Crippen molar-refractivity contribution in [3.63, 3.8) is 0 Å². The minimum absolute atomic E-state index is 0.105. The molecule has 20 heavy (non-hydrogen) atoms. The molecule has 0 aliphatic rings. The van der Waals surface area contributed by atoms with E-state index in [0.717, 1.165) is 3.57 Å². The third-order valence-electron chi connectivity index (χ3n) is 2.53. The minimum atomic E-state index is -3.47. The summed E-state index contributed by atoms with van der Waals surface area (Å²) in [6.07, 6.45) is 0. The average molecular weight is 423 g/mol. The van der Waals surface area contributed by atoms with Gasteiger partial charge in [0.15, 0.2) is 0 Å². The molecule has 0 heterocycles. The van der Waals surface area contributed by atoms with Crippen molar-refractivity contribution in [2.75, 3.05) is 10.5 Å². The molecule has 7 heteroatoms. The van der Waals surface area contributed by atoms with E-state index in [0.29, 0.717) is 22.0 Å². The Morgan fingerprint density at radius 1 is 1.15 bits per heavy atom. The topological polar surface area (TPSA) is 72.2 Å². The summed E-state index contributed by atoms with van der Waals surface area (Å²) in [6.45, 7) is 0. The number of anilines is 2. The Morgan fingerprint density at radius 3 is 2.40 bits per heavy atom. The van der Waals surface area contributed by atoms with Crippen LogP contribution in [0.25, 0.3) is 0 Å². The van der Waals surface area contributed by atoms with E-state index in [4.69, 9.17) is 17.3 Å². The summed E-state index contributed by atoms with van der Waals surface area (Å²) in [5.74, 6) is -0.105. The SMILES string of the molecule is Nc1ccc(CS(=O)(=O)Nc2ccc(Cl)cc2I)cc1. The molecular weight excluding hydrogens is 411 g/mol. The normalized spacial score (nSPS) is 11.3. The van der Waals surface area contributed by atoms with Gasteiger partial charge in [-0.15, -0.1) is 0 Å². The fourth-order valence-electron chi connectivity index (χ4n) is 1.61. The average Bonchev–Trinajstić information content (AvgIpc) is 2.35. The maximum atomic E-state index is 12.1. The fraction of sp³-hybridized carbons (Fsp3) is 0.0769. The van der Waals surface area contributed by atoms with Crippen LogP contribution < -0.4 is 10.5 Å². The van der Waals surface area contributed by atoms with Crippen molar-refractivity contribution in [1.82, 2.24) is 0 Å². The number of benzene rings is 2. The summed E-state index contributed by atoms with van der Waals surface area (Å²) < 4.78 is 27.5. The predicted octanol–water partition coefficient (Wildman–Crippen LogP) is 3.47. The highest BCUT2D eigenvalue weighted by Crippen LogP contribution is 2.24. The maximum absolute atomic E-state index is 12.1. The lowest BCUT2D eigenvalue weighted by Crippen LogP contribution is -2.15. The lowest BCUT2D eigenvalue weighted by molar-refractivity contribution is 0.600. The molecule has 0 aliphatic carbocycles. The van der Waals surface area contributed by atoms with Gasteiger partial charge in [0.05, 0.1) is 11.4 Å². The largest absolute Gasteiger partial charge is 0.399 e. The van der Waals surface area contributed by atoms with Crippen molar-refractivity contribution >= 4 is 55.6 Å². The molecule has 2 aromatic rings. The number of nitrogens with one attached hydrogen (secondary N) is 1. The maximum Gasteiger partial charge on any atom is 0.236 e. The molecule has 4 nitrogen and oxygen atoms in total. The van der Waals surface area contributed by atoms with Crippen molar-refractivity contribution in [3.8, 4) is 0 Å². The summed E-state index contributed by atoms with van der Waals surface area (Å²) in [4.78, 5) is 0. The highest BCUT2D eigenvalue weighted by Gasteiger charge is 2.13. The molecule has 0 aliphatic heterocycles. The van der Waals surface area contributed by atoms with E-state index in [2.05, 4.69) is 4.72 Å². The van der Waals surface area contributed by atoms with Gasteiger partial charge in [-0.1, -0.05) is 23.7 Å². The Balaban J connectivity index is 2.17. The fourth-order valence-corrected chi connectivity index (χ4v) is 4.01. The van der Waals surface area contributed by atoms with E-state index in [-0.39, 0.29) is 5.75 Å². The van der Waals surface area contributed by atoms with Crippen molar-refractivity contribution < 1.29 is 8.42 Å². The first-order valence-corrected chi connectivity index (χ1v) is 8.76. The highest BCUT2D eigenvalue weighted by molar-refractivity contribution is 14.1. The number of sulfonamides is 1. The van der Waals surface area contributed by atoms with Gasteiger partial charge in [-0.25, -0.2) is 8.42 Å². The van der Waals surface area contributed by atoms with Gasteiger partial charge in [0.1, 0.15) is 0 Å². The summed E-state index contributed by atoms with van der Waals surface area (Å²) in [6, 6.07) is 11.7. The molecule has 2 rings (SSSR count). The van der Waals surface area contributed by atoms with Gasteiger partial charge in [-0.2, -0.15) is 0 Å². The second-order valence-corrected chi connectivity index (χ2v) is 7.55. The highest BCUT2D eigenvalue weighted by atomic mass is 127. The van der Waals surface area contributed by atoms with Gasteiger partial charge in [-0.05, 0) is 58.5 Å². The van der Waals surface area contributed by atoms with Crippen LogP contribution in [0, 0.1) is 3.57 Å². The van der Waals surface area contributed by atoms with Gasteiger partial charge < -0.3 is 5.73 Å². The molecule has 0 bridgehead atoms. The van der Waals surface area contributed by atoms with Crippen LogP contribution in [0.4, 0.5) is 11.4 Å². The van der Waals surface area contributed by atoms with Crippen molar-refractivity contribution in [3.05, 3.63) is 56.6 Å². The predicted molar refractivity (Wildman–Crippen MR) is 91.3 cm³/mol. The molecule has 0 saturated heterocycles. The van der Waals surface area contributed by atoms with Gasteiger partial charge >= 0.3 is 0 Å². The van der Waals surface area contributed by atoms with E-state index >= 15 is 0 Å². The van der Waals surface area contributed by atoms with Crippen LogP contribution in [-0.4, -0.2) is 8.42 Å². The number of hydrogen-bond acceptors (Lipinski definition) is 3. The van der Waals surface area contributed by atoms with E-state index in [9.17, 15) is 8.42 Å². The van der Waals surface area contributed by atoms with E-state index in [1.54, 1.807) is 42.5 Å². The van der Waals surface area contributed by atoms with Crippen LogP contribution in [0.2, 0.25) is 5.02 Å². The number of hydrogen-bond donors (Lipinski definition) is 2. The molecule has 0 amide bonds. The summed E-state index contributed by atoms with van der Waals surface area (Å²) in [5.41, 5.74) is 7.37. The molecule has 2 aromatic carbocycles. The van der Waals surface area contributed by atoms with Crippen LogP contribution in [-0.2, 0) is 15.8 Å². The molecule has 0 spiro atoms. The Bertz CT molecular complexity index is 718. The van der Waals surface area contributed by atoms with Crippen molar-refractivity contribution in [2.24, 2.45) is 0 Å². The molecule has 0 unspecified atom stereocenters. The summed E-state index contributed by atoms with van der Waals surface area (Å²) >= 11 is 7.87. The van der Waals surface area contributed by atoms with Crippen LogP contribution in [0.1, 0.15) is 5.56 Å². The van der Waals surface area contributed by atoms with Crippen molar-refractivity contribution in [1.29, 1.82) is 0 Å². The molecule has 3 N–H and O–H groups in total. The third-order valence-corrected chi connectivity index (χ3v) is 4.90. The smallest absolute Gasteiger partial charge is 0.236 e. The number of nitrogens with two attached hydrogens (primary N) is 1. The molecule has 106 valence electrons. The number of nitrogen functional groups attached to an aromatic ring is 1. The van der Waals surface area contributed by atoms with Crippen molar-refractivity contribution in [2.45, 2.75) is 5.75 Å². The van der Waals surface area contributed by atoms with Gasteiger partial charge in [0.2, 0.25) is 10.0 Å². The Kier molecular flexibility index (Phi) is 4.77. The summed E-state index contributed by atoms with van der Waals surface area (Å²) in [7, 11) is -3.47. The van der Waals surface area contributed by atoms with Crippen LogP contribution in [0.15, 0.2) is 42.5 Å². The molecule has 0 radical (unpaired) electrons. The lowest BCUT2D eigenvalue weighted by atomic mass is 10.2. The lowest BCUT2D eigenvalue weighted by Gasteiger charge is -2.10. The molecular formula is C13H12ClIN2O2S. The minimum Gasteiger partial charge on any atom is -0.399 e. The molecule has 0 atom stereocenters. The third kappa shape index (κ3) is 4.26. The van der Waals surface area contributed by atoms with Crippen LogP contribution in [0.3, 0.4) is 0 Å². The monoisotopic (exact) mass is 422 g/mol. The Labute approximate surface area is 136 Å². The van der Waals surface area contributed by atoms with Gasteiger partial charge in [0.25, 0.3) is 0 Å². The standard InChI is InChI=1S/C13H12ClIN2O2S/c14-10-3-6-13(12(15)7-10)17-20(18,19)8-9-1-4-11(16)5-2-9/h1-7,17H,8,16H2. The second kappa shape index (κ2) is 6.19. The Hall–Kier alpha value is -0.990. The van der Waals surface area contributed by atoms with Crippen LogP contribution >= 0.6 is 34.2 Å². The zero-order chi connectivity index (χ0) is 14.8. The number of rotatable bonds is 4. The van der Waals surface area contributed by atoms with Gasteiger partial charge in [0, 0.05) is 14.3 Å². The van der Waals surface area contributed by atoms with E-state index in [1.807, 2.05) is 22.6 Å². The quantitative estimate of drug-likeness (QED) is 0.585. The van der Waals surface area contributed by atoms with E-state index < -0.39 is 10.0 Å². The molecule has 0 fully saturated rings. The first-order valence-electron chi connectivity index (χ1n) is 5.66. The molecule has 0 aromatic heterocycles. The Morgan fingerprint density at radius 2 is 1.80 bits per heavy atom. The zero-order valence-electron chi connectivity index (χ0n) is 10.3. The summed E-state index contributed by atoms with van der Waals surface area (Å²) in [5, 5.41) is 0.566. The van der Waals surface area contributed by atoms with E-state index in [1.165, 1.54) is 0 Å². The van der Waals surface area contributed by atoms with Gasteiger partial charge in [-0.3, -0.25) is 4.72 Å². The van der Waals surface area contributed by atoms with Crippen LogP contribution in [0.5, 0.6) is 0 Å². The first kappa shape index (κ1) is 15.4. The number of halogens is 2.